The molecule has 4 rings (SSSR count). The molecule has 0 radical (unpaired) electrons. The normalized spacial score (nSPS) is 14.1. The average molecular weight is 430 g/mol. The minimum atomic E-state index is -0.239. The quantitative estimate of drug-likeness (QED) is 0.317. The van der Waals surface area contributed by atoms with Crippen molar-refractivity contribution in [3.8, 4) is 16.9 Å². The van der Waals surface area contributed by atoms with Gasteiger partial charge in [0.15, 0.2) is 5.16 Å². The van der Waals surface area contributed by atoms with Gasteiger partial charge in [-0.15, -0.1) is 0 Å². The SMILES string of the molecule is Fc1ccc(-c2cnc(SCCCCNC3CCC3)n2-c2ccc(Cl)cc2)cc1. The van der Waals surface area contributed by atoms with Crippen LogP contribution in [0.1, 0.15) is 32.1 Å². The molecule has 0 spiro atoms. The molecule has 1 aliphatic rings. The van der Waals surface area contributed by atoms with Gasteiger partial charge >= 0.3 is 0 Å². The molecule has 1 aromatic heterocycles. The number of thioether (sulfide) groups is 1. The van der Waals surface area contributed by atoms with Gasteiger partial charge in [0.05, 0.1) is 11.9 Å². The Morgan fingerprint density at radius 2 is 1.83 bits per heavy atom. The first-order chi connectivity index (χ1) is 14.2. The zero-order valence-corrected chi connectivity index (χ0v) is 17.9. The summed E-state index contributed by atoms with van der Waals surface area (Å²) < 4.78 is 15.5. The van der Waals surface area contributed by atoms with E-state index in [1.165, 1.54) is 37.8 Å². The van der Waals surface area contributed by atoms with Gasteiger partial charge in [-0.05, 0) is 80.8 Å². The molecule has 3 nitrogen and oxygen atoms in total. The van der Waals surface area contributed by atoms with Crippen molar-refractivity contribution in [2.24, 2.45) is 0 Å². The number of benzene rings is 2. The zero-order chi connectivity index (χ0) is 20.1. The Morgan fingerprint density at radius 3 is 2.52 bits per heavy atom. The van der Waals surface area contributed by atoms with E-state index >= 15 is 0 Å². The monoisotopic (exact) mass is 429 g/mol. The molecule has 0 amide bonds. The van der Waals surface area contributed by atoms with E-state index < -0.39 is 0 Å². The third-order valence-electron chi connectivity index (χ3n) is 5.29. The van der Waals surface area contributed by atoms with E-state index in [2.05, 4.69) is 14.9 Å². The molecule has 152 valence electrons. The predicted molar refractivity (Wildman–Crippen MR) is 120 cm³/mol. The van der Waals surface area contributed by atoms with Crippen molar-refractivity contribution in [2.75, 3.05) is 12.3 Å². The van der Waals surface area contributed by atoms with Crippen LogP contribution in [-0.4, -0.2) is 27.9 Å². The first-order valence-corrected chi connectivity index (χ1v) is 11.5. The number of nitrogens with zero attached hydrogens (tertiary/aromatic N) is 2. The Kier molecular flexibility index (Phi) is 6.90. The highest BCUT2D eigenvalue weighted by molar-refractivity contribution is 7.99. The van der Waals surface area contributed by atoms with Gasteiger partial charge < -0.3 is 5.32 Å². The number of halogens is 2. The number of aromatic nitrogens is 2. The summed E-state index contributed by atoms with van der Waals surface area (Å²) in [5.74, 6) is 0.774. The molecule has 1 N–H and O–H groups in total. The van der Waals surface area contributed by atoms with Crippen LogP contribution in [0.3, 0.4) is 0 Å². The van der Waals surface area contributed by atoms with Gasteiger partial charge in [0.1, 0.15) is 5.82 Å². The van der Waals surface area contributed by atoms with E-state index in [4.69, 9.17) is 11.6 Å². The fourth-order valence-corrected chi connectivity index (χ4v) is 4.53. The molecule has 0 saturated heterocycles. The van der Waals surface area contributed by atoms with E-state index in [1.54, 1.807) is 23.9 Å². The summed E-state index contributed by atoms with van der Waals surface area (Å²) in [5.41, 5.74) is 2.88. The van der Waals surface area contributed by atoms with Gasteiger partial charge in [0, 0.05) is 28.1 Å². The van der Waals surface area contributed by atoms with Crippen molar-refractivity contribution in [1.29, 1.82) is 0 Å². The van der Waals surface area contributed by atoms with Gasteiger partial charge in [0.2, 0.25) is 0 Å². The summed E-state index contributed by atoms with van der Waals surface area (Å²) in [6.07, 6.45) is 8.22. The lowest BCUT2D eigenvalue weighted by molar-refractivity contribution is 0.338. The summed E-state index contributed by atoms with van der Waals surface area (Å²) in [4.78, 5) is 4.67. The van der Waals surface area contributed by atoms with E-state index in [9.17, 15) is 4.39 Å². The van der Waals surface area contributed by atoms with Crippen molar-refractivity contribution in [1.82, 2.24) is 14.9 Å². The minimum absolute atomic E-state index is 0.239. The number of nitrogens with one attached hydrogen (secondary N) is 1. The number of unbranched alkanes of at least 4 members (excludes halogenated alkanes) is 1. The molecule has 1 aliphatic carbocycles. The molecule has 29 heavy (non-hydrogen) atoms. The average Bonchev–Trinajstić information content (AvgIpc) is 3.11. The fourth-order valence-electron chi connectivity index (χ4n) is 3.41. The van der Waals surface area contributed by atoms with E-state index in [-0.39, 0.29) is 5.82 Å². The molecule has 0 atom stereocenters. The second-order valence-corrected chi connectivity index (χ2v) is 8.88. The molecule has 0 aliphatic heterocycles. The Bertz CT molecular complexity index is 920. The Morgan fingerprint density at radius 1 is 1.07 bits per heavy atom. The fraction of sp³-hybridized carbons (Fsp3) is 0.348. The van der Waals surface area contributed by atoms with Crippen LogP contribution in [0.2, 0.25) is 5.02 Å². The summed E-state index contributed by atoms with van der Waals surface area (Å²) in [6.45, 7) is 1.09. The van der Waals surface area contributed by atoms with Crippen molar-refractivity contribution in [2.45, 2.75) is 43.3 Å². The van der Waals surface area contributed by atoms with E-state index in [0.29, 0.717) is 5.02 Å². The zero-order valence-electron chi connectivity index (χ0n) is 16.3. The molecule has 0 bridgehead atoms. The highest BCUT2D eigenvalue weighted by Crippen LogP contribution is 2.31. The second kappa shape index (κ2) is 9.79. The number of hydrogen-bond acceptors (Lipinski definition) is 3. The van der Waals surface area contributed by atoms with E-state index in [0.717, 1.165) is 46.9 Å². The van der Waals surface area contributed by atoms with Crippen LogP contribution in [0.15, 0.2) is 59.9 Å². The lowest BCUT2D eigenvalue weighted by Gasteiger charge is -2.26. The lowest BCUT2D eigenvalue weighted by Crippen LogP contribution is -2.35. The van der Waals surface area contributed by atoms with Crippen LogP contribution < -0.4 is 5.32 Å². The summed E-state index contributed by atoms with van der Waals surface area (Å²) in [7, 11) is 0. The number of rotatable bonds is 9. The molecule has 1 saturated carbocycles. The molecule has 6 heteroatoms. The minimum Gasteiger partial charge on any atom is -0.314 e. The van der Waals surface area contributed by atoms with E-state index in [1.807, 2.05) is 30.5 Å². The third kappa shape index (κ3) is 5.21. The summed E-state index contributed by atoms with van der Waals surface area (Å²) >= 11 is 7.84. The van der Waals surface area contributed by atoms with Gasteiger partial charge in [-0.25, -0.2) is 9.37 Å². The predicted octanol–water partition coefficient (Wildman–Crippen LogP) is 6.35. The number of imidazole rings is 1. The van der Waals surface area contributed by atoms with Crippen LogP contribution in [0.25, 0.3) is 16.9 Å². The van der Waals surface area contributed by atoms with Crippen molar-refractivity contribution >= 4 is 23.4 Å². The van der Waals surface area contributed by atoms with Gasteiger partial charge in [-0.1, -0.05) is 29.8 Å². The molecule has 2 aromatic carbocycles. The van der Waals surface area contributed by atoms with Crippen LogP contribution in [-0.2, 0) is 0 Å². The summed E-state index contributed by atoms with van der Waals surface area (Å²) in [5, 5.41) is 5.26. The first-order valence-electron chi connectivity index (χ1n) is 10.2. The largest absolute Gasteiger partial charge is 0.314 e. The van der Waals surface area contributed by atoms with Crippen LogP contribution in [0.4, 0.5) is 4.39 Å². The Balaban J connectivity index is 1.47. The number of hydrogen-bond donors (Lipinski definition) is 1. The molecule has 0 unspecified atom stereocenters. The van der Waals surface area contributed by atoms with Crippen molar-refractivity contribution in [3.05, 3.63) is 65.6 Å². The van der Waals surface area contributed by atoms with Crippen molar-refractivity contribution in [3.63, 3.8) is 0 Å². The van der Waals surface area contributed by atoms with Crippen LogP contribution in [0.5, 0.6) is 0 Å². The maximum atomic E-state index is 13.4. The first kappa shape index (κ1) is 20.5. The highest BCUT2D eigenvalue weighted by atomic mass is 35.5. The molecule has 3 aromatic rings. The lowest BCUT2D eigenvalue weighted by atomic mass is 9.93. The Hall–Kier alpha value is -1.82. The van der Waals surface area contributed by atoms with Gasteiger partial charge in [-0.3, -0.25) is 4.57 Å². The van der Waals surface area contributed by atoms with Crippen LogP contribution in [0, 0.1) is 5.82 Å². The van der Waals surface area contributed by atoms with Gasteiger partial charge in [0.25, 0.3) is 0 Å². The smallest absolute Gasteiger partial charge is 0.173 e. The topological polar surface area (TPSA) is 29.9 Å². The molecular formula is C23H25ClFN3S. The summed E-state index contributed by atoms with van der Waals surface area (Å²) in [6, 6.07) is 15.0. The van der Waals surface area contributed by atoms with Gasteiger partial charge in [-0.2, -0.15) is 0 Å². The molecule has 1 fully saturated rings. The van der Waals surface area contributed by atoms with Crippen molar-refractivity contribution < 1.29 is 4.39 Å². The standard InChI is InChI=1S/C23H25ClFN3S/c24-18-8-12-21(13-9-18)28-22(17-6-10-19(25)11-7-17)16-27-23(28)29-15-2-1-14-26-20-4-3-5-20/h6-13,16,20,26H,1-5,14-15H2. The molecule has 1 heterocycles. The third-order valence-corrected chi connectivity index (χ3v) is 6.59. The second-order valence-electron chi connectivity index (χ2n) is 7.38. The molecular weight excluding hydrogens is 405 g/mol. The maximum absolute atomic E-state index is 13.4. The highest BCUT2D eigenvalue weighted by Gasteiger charge is 2.16. The Labute approximate surface area is 180 Å². The maximum Gasteiger partial charge on any atom is 0.173 e. The van der Waals surface area contributed by atoms with Crippen LogP contribution >= 0.6 is 23.4 Å².